The number of rotatable bonds is 0. The molecule has 6 unspecified atom stereocenters. The van der Waals surface area contributed by atoms with Crippen LogP contribution in [-0.4, -0.2) is 11.8 Å². The maximum atomic E-state index is 11.7. The molecular weight excluding hydrogens is 258 g/mol. The Kier molecular flexibility index (Phi) is 2.83. The maximum absolute atomic E-state index is 11.7. The van der Waals surface area contributed by atoms with Crippen LogP contribution in [0, 0.1) is 28.6 Å². The Morgan fingerprint density at radius 3 is 2.76 bits per heavy atom. The quantitative estimate of drug-likeness (QED) is 0.738. The molecule has 4 rings (SSSR count). The first kappa shape index (κ1) is 13.8. The fourth-order valence-corrected chi connectivity index (χ4v) is 6.24. The SMILES string of the molecule is CC12C=CC(=O)C=C1CCC1C2CCC2(C)C(N)CCC12. The normalized spacial score (nSPS) is 52.0. The third-order valence-electron chi connectivity index (χ3n) is 7.63. The highest BCUT2D eigenvalue weighted by molar-refractivity contribution is 6.01. The van der Waals surface area contributed by atoms with E-state index in [0.29, 0.717) is 17.4 Å². The van der Waals surface area contributed by atoms with Crippen molar-refractivity contribution in [2.75, 3.05) is 0 Å². The van der Waals surface area contributed by atoms with Crippen LogP contribution in [0.3, 0.4) is 0 Å². The van der Waals surface area contributed by atoms with Gasteiger partial charge in [0, 0.05) is 11.5 Å². The third-order valence-corrected chi connectivity index (χ3v) is 7.63. The zero-order valence-electron chi connectivity index (χ0n) is 13.3. The van der Waals surface area contributed by atoms with Crippen molar-refractivity contribution in [3.63, 3.8) is 0 Å². The van der Waals surface area contributed by atoms with Gasteiger partial charge in [-0.1, -0.05) is 25.5 Å². The highest BCUT2D eigenvalue weighted by Crippen LogP contribution is 2.64. The van der Waals surface area contributed by atoms with Crippen LogP contribution in [0.15, 0.2) is 23.8 Å². The maximum Gasteiger partial charge on any atom is 0.178 e. The van der Waals surface area contributed by atoms with E-state index in [-0.39, 0.29) is 11.2 Å². The van der Waals surface area contributed by atoms with Crippen molar-refractivity contribution in [3.05, 3.63) is 23.8 Å². The van der Waals surface area contributed by atoms with E-state index in [9.17, 15) is 4.79 Å². The van der Waals surface area contributed by atoms with Crippen LogP contribution < -0.4 is 5.73 Å². The topological polar surface area (TPSA) is 43.1 Å². The molecule has 0 heterocycles. The molecule has 6 atom stereocenters. The van der Waals surface area contributed by atoms with Gasteiger partial charge in [-0.15, -0.1) is 0 Å². The molecule has 0 spiro atoms. The van der Waals surface area contributed by atoms with Crippen LogP contribution in [0.25, 0.3) is 0 Å². The van der Waals surface area contributed by atoms with E-state index < -0.39 is 0 Å². The summed E-state index contributed by atoms with van der Waals surface area (Å²) in [5, 5.41) is 0. The van der Waals surface area contributed by atoms with E-state index in [1.54, 1.807) is 6.08 Å². The first-order valence-corrected chi connectivity index (χ1v) is 8.65. The van der Waals surface area contributed by atoms with E-state index in [0.717, 1.165) is 18.3 Å². The lowest BCUT2D eigenvalue weighted by molar-refractivity contribution is -0.111. The summed E-state index contributed by atoms with van der Waals surface area (Å²) in [6, 6.07) is 0.400. The van der Waals surface area contributed by atoms with Crippen LogP contribution in [0.1, 0.15) is 52.4 Å². The van der Waals surface area contributed by atoms with Crippen molar-refractivity contribution in [2.45, 2.75) is 58.4 Å². The predicted molar refractivity (Wildman–Crippen MR) is 84.6 cm³/mol. The molecule has 114 valence electrons. The fraction of sp³-hybridized carbons (Fsp3) is 0.737. The Hall–Kier alpha value is -0.890. The van der Waals surface area contributed by atoms with Crippen molar-refractivity contribution < 1.29 is 4.79 Å². The number of carbonyl (C=O) groups is 1. The Balaban J connectivity index is 1.70. The first-order chi connectivity index (χ1) is 9.95. The Morgan fingerprint density at radius 2 is 1.95 bits per heavy atom. The van der Waals surface area contributed by atoms with Gasteiger partial charge in [0.05, 0.1) is 0 Å². The number of hydrogen-bond acceptors (Lipinski definition) is 2. The monoisotopic (exact) mass is 285 g/mol. The van der Waals surface area contributed by atoms with E-state index in [2.05, 4.69) is 19.9 Å². The Labute approximate surface area is 127 Å². The standard InChI is InChI=1S/C19H27NO/c1-18-9-7-13(21)11-12(18)3-4-14-15-5-6-17(20)19(15,2)10-8-16(14)18/h7,9,11,14-17H,3-6,8,10,20H2,1-2H3. The third kappa shape index (κ3) is 1.72. The summed E-state index contributed by atoms with van der Waals surface area (Å²) in [6.45, 7) is 4.82. The summed E-state index contributed by atoms with van der Waals surface area (Å²) in [5.74, 6) is 2.50. The molecule has 2 heteroatoms. The van der Waals surface area contributed by atoms with Crippen LogP contribution in [0.4, 0.5) is 0 Å². The van der Waals surface area contributed by atoms with Gasteiger partial charge in [0.1, 0.15) is 0 Å². The molecule has 4 aliphatic carbocycles. The predicted octanol–water partition coefficient (Wildman–Crippen LogP) is 3.62. The molecule has 0 aromatic carbocycles. The van der Waals surface area contributed by atoms with Crippen molar-refractivity contribution in [2.24, 2.45) is 34.3 Å². The average Bonchev–Trinajstić information content (AvgIpc) is 2.76. The number of allylic oxidation sites excluding steroid dienone is 4. The highest BCUT2D eigenvalue weighted by atomic mass is 16.1. The lowest BCUT2D eigenvalue weighted by Gasteiger charge is -2.56. The minimum absolute atomic E-state index is 0.130. The highest BCUT2D eigenvalue weighted by Gasteiger charge is 2.57. The van der Waals surface area contributed by atoms with E-state index in [1.807, 2.05) is 6.08 Å². The molecule has 2 N–H and O–H groups in total. The molecule has 0 bridgehead atoms. The Morgan fingerprint density at radius 1 is 1.14 bits per heavy atom. The summed E-state index contributed by atoms with van der Waals surface area (Å²) in [6.07, 6.45) is 13.4. The van der Waals surface area contributed by atoms with Crippen molar-refractivity contribution in [3.8, 4) is 0 Å². The second kappa shape index (κ2) is 4.32. The van der Waals surface area contributed by atoms with Crippen LogP contribution in [0.2, 0.25) is 0 Å². The molecule has 0 aromatic heterocycles. The molecule has 0 radical (unpaired) electrons. The minimum Gasteiger partial charge on any atom is -0.327 e. The summed E-state index contributed by atoms with van der Waals surface area (Å²) in [5.41, 5.74) is 8.35. The number of nitrogens with two attached hydrogens (primary N) is 1. The lowest BCUT2D eigenvalue weighted by Crippen LogP contribution is -2.51. The molecule has 0 aromatic rings. The summed E-state index contributed by atoms with van der Waals surface area (Å²) < 4.78 is 0. The van der Waals surface area contributed by atoms with Crippen molar-refractivity contribution in [1.82, 2.24) is 0 Å². The number of hydrogen-bond donors (Lipinski definition) is 1. The summed E-state index contributed by atoms with van der Waals surface area (Å²) in [7, 11) is 0. The van der Waals surface area contributed by atoms with E-state index in [4.69, 9.17) is 5.73 Å². The molecule has 3 saturated carbocycles. The van der Waals surface area contributed by atoms with Gasteiger partial charge < -0.3 is 5.73 Å². The molecule has 3 fully saturated rings. The Bertz CT molecular complexity index is 548. The molecular formula is C19H27NO. The zero-order chi connectivity index (χ0) is 14.8. The van der Waals surface area contributed by atoms with Gasteiger partial charge in [0.15, 0.2) is 5.78 Å². The fourth-order valence-electron chi connectivity index (χ4n) is 6.24. The van der Waals surface area contributed by atoms with Crippen molar-refractivity contribution in [1.29, 1.82) is 0 Å². The largest absolute Gasteiger partial charge is 0.327 e. The molecule has 2 nitrogen and oxygen atoms in total. The lowest BCUT2D eigenvalue weighted by atomic mass is 9.48. The number of fused-ring (bicyclic) bond motifs is 5. The first-order valence-electron chi connectivity index (χ1n) is 8.65. The summed E-state index contributed by atoms with van der Waals surface area (Å²) in [4.78, 5) is 11.7. The van der Waals surface area contributed by atoms with Gasteiger partial charge in [0.25, 0.3) is 0 Å². The van der Waals surface area contributed by atoms with Gasteiger partial charge in [-0.3, -0.25) is 4.79 Å². The number of ketones is 1. The second-order valence-electron chi connectivity index (χ2n) is 8.33. The van der Waals surface area contributed by atoms with Crippen molar-refractivity contribution >= 4 is 5.78 Å². The zero-order valence-corrected chi connectivity index (χ0v) is 13.3. The molecule has 21 heavy (non-hydrogen) atoms. The van der Waals surface area contributed by atoms with Gasteiger partial charge in [-0.05, 0) is 73.8 Å². The van der Waals surface area contributed by atoms with Crippen LogP contribution in [-0.2, 0) is 4.79 Å². The average molecular weight is 285 g/mol. The smallest absolute Gasteiger partial charge is 0.178 e. The van der Waals surface area contributed by atoms with Crippen LogP contribution >= 0.6 is 0 Å². The van der Waals surface area contributed by atoms with Gasteiger partial charge in [-0.2, -0.15) is 0 Å². The molecule has 4 aliphatic rings. The van der Waals surface area contributed by atoms with E-state index >= 15 is 0 Å². The molecule has 0 amide bonds. The van der Waals surface area contributed by atoms with E-state index in [1.165, 1.54) is 37.7 Å². The van der Waals surface area contributed by atoms with Gasteiger partial charge >= 0.3 is 0 Å². The number of carbonyl (C=O) groups excluding carboxylic acids is 1. The van der Waals surface area contributed by atoms with Gasteiger partial charge in [-0.25, -0.2) is 0 Å². The minimum atomic E-state index is 0.130. The van der Waals surface area contributed by atoms with Crippen LogP contribution in [0.5, 0.6) is 0 Å². The molecule has 0 saturated heterocycles. The molecule has 0 aliphatic heterocycles. The summed E-state index contributed by atoms with van der Waals surface area (Å²) >= 11 is 0. The second-order valence-corrected chi connectivity index (χ2v) is 8.33. The van der Waals surface area contributed by atoms with Gasteiger partial charge in [0.2, 0.25) is 0 Å².